The molecule has 7 heteroatoms. The summed E-state index contributed by atoms with van der Waals surface area (Å²) in [5.41, 5.74) is 3.88. The Balaban J connectivity index is 2.06. The van der Waals surface area contributed by atoms with Crippen LogP contribution in [0.25, 0.3) is 0 Å². The van der Waals surface area contributed by atoms with E-state index in [0.717, 1.165) is 0 Å². The molecule has 1 saturated heterocycles. The molecule has 1 aromatic carbocycles. The Morgan fingerprint density at radius 1 is 1.42 bits per heavy atom. The molecule has 0 spiro atoms. The van der Waals surface area contributed by atoms with Crippen LogP contribution in [0.2, 0.25) is 10.0 Å². The van der Waals surface area contributed by atoms with Crippen LogP contribution in [0.3, 0.4) is 0 Å². The molecule has 1 N–H and O–H groups in total. The molecule has 0 saturated carbocycles. The van der Waals surface area contributed by atoms with Crippen molar-refractivity contribution in [3.8, 4) is 0 Å². The second-order valence-corrected chi connectivity index (χ2v) is 4.98. The van der Waals surface area contributed by atoms with E-state index in [1.165, 1.54) is 5.01 Å². The van der Waals surface area contributed by atoms with Crippen molar-refractivity contribution < 1.29 is 9.63 Å². The molecule has 102 valence electrons. The average molecular weight is 302 g/mol. The van der Waals surface area contributed by atoms with E-state index in [-0.39, 0.29) is 18.6 Å². The van der Waals surface area contributed by atoms with Gasteiger partial charge in [-0.15, -0.1) is 0 Å². The zero-order valence-corrected chi connectivity index (χ0v) is 12.0. The van der Waals surface area contributed by atoms with Gasteiger partial charge in [-0.1, -0.05) is 34.4 Å². The normalized spacial score (nSPS) is 21.3. The number of nitrogens with one attached hydrogen (secondary N) is 1. The van der Waals surface area contributed by atoms with Crippen LogP contribution in [-0.2, 0) is 16.2 Å². The van der Waals surface area contributed by atoms with E-state index in [0.29, 0.717) is 21.3 Å². The first-order chi connectivity index (χ1) is 9.00. The van der Waals surface area contributed by atoms with E-state index in [9.17, 15) is 4.79 Å². The Labute approximate surface area is 121 Å². The molecular formula is C12H13Cl2N3O2. The molecule has 1 fully saturated rings. The highest BCUT2D eigenvalue weighted by molar-refractivity contribution is 6.42. The first kappa shape index (κ1) is 14.1. The maximum atomic E-state index is 11.7. The number of amides is 1. The number of carbonyl (C=O) groups excluding carboxylic acids is 1. The lowest BCUT2D eigenvalue weighted by molar-refractivity contribution is -0.123. The summed E-state index contributed by atoms with van der Waals surface area (Å²) in [6, 6.07) is 5.01. The van der Waals surface area contributed by atoms with E-state index in [2.05, 4.69) is 10.6 Å². The molecule has 0 aromatic heterocycles. The van der Waals surface area contributed by atoms with Crippen molar-refractivity contribution >= 4 is 34.8 Å². The monoisotopic (exact) mass is 301 g/mol. The summed E-state index contributed by atoms with van der Waals surface area (Å²) in [5.74, 6) is -0.210. The zero-order chi connectivity index (χ0) is 14.0. The summed E-state index contributed by atoms with van der Waals surface area (Å²) in [7, 11) is 1.63. The SMILES string of the molecule is CC1NN(C)C(=O)C1=NOCc1c(Cl)cccc1Cl. The molecule has 1 heterocycles. The standard InChI is InChI=1S/C12H13Cl2N3O2/c1-7-11(12(18)17(2)15-7)16-19-6-8-9(13)4-3-5-10(8)14/h3-5,7,15H,6H2,1-2H3. The first-order valence-corrected chi connectivity index (χ1v) is 6.43. The van der Waals surface area contributed by atoms with Gasteiger partial charge in [0.2, 0.25) is 0 Å². The maximum absolute atomic E-state index is 11.7. The first-order valence-electron chi connectivity index (χ1n) is 5.67. The Morgan fingerprint density at radius 2 is 2.05 bits per heavy atom. The van der Waals surface area contributed by atoms with Crippen LogP contribution in [-0.4, -0.2) is 29.7 Å². The van der Waals surface area contributed by atoms with Gasteiger partial charge >= 0.3 is 0 Å². The number of benzene rings is 1. The number of halogens is 2. The van der Waals surface area contributed by atoms with Gasteiger partial charge in [-0.05, 0) is 19.1 Å². The Bertz CT molecular complexity index is 513. The highest BCUT2D eigenvalue weighted by Gasteiger charge is 2.31. The molecule has 1 atom stereocenters. The minimum atomic E-state index is -0.210. The smallest absolute Gasteiger partial charge is 0.287 e. The molecule has 0 bridgehead atoms. The third-order valence-electron chi connectivity index (χ3n) is 2.75. The summed E-state index contributed by atoms with van der Waals surface area (Å²) in [6.45, 7) is 1.94. The predicted octanol–water partition coefficient (Wildman–Crippen LogP) is 2.23. The Morgan fingerprint density at radius 3 is 2.58 bits per heavy atom. The van der Waals surface area contributed by atoms with E-state index < -0.39 is 0 Å². The maximum Gasteiger partial charge on any atom is 0.287 e. The number of hydrogen-bond donors (Lipinski definition) is 1. The molecule has 0 aliphatic carbocycles. The molecule has 19 heavy (non-hydrogen) atoms. The van der Waals surface area contributed by atoms with Gasteiger partial charge in [0, 0.05) is 22.7 Å². The summed E-state index contributed by atoms with van der Waals surface area (Å²) in [5, 5.41) is 6.25. The summed E-state index contributed by atoms with van der Waals surface area (Å²) in [6.07, 6.45) is 0. The Hall–Kier alpha value is -1.30. The van der Waals surface area contributed by atoms with Gasteiger partial charge in [-0.25, -0.2) is 5.43 Å². The number of nitrogens with zero attached hydrogens (tertiary/aromatic N) is 2. The van der Waals surface area contributed by atoms with Crippen molar-refractivity contribution in [1.82, 2.24) is 10.4 Å². The fourth-order valence-corrected chi connectivity index (χ4v) is 2.23. The van der Waals surface area contributed by atoms with Gasteiger partial charge in [0.15, 0.2) is 5.71 Å². The fourth-order valence-electron chi connectivity index (χ4n) is 1.72. The van der Waals surface area contributed by atoms with Crippen LogP contribution in [0.5, 0.6) is 0 Å². The summed E-state index contributed by atoms with van der Waals surface area (Å²) in [4.78, 5) is 16.9. The minimum Gasteiger partial charge on any atom is -0.390 e. The number of hydrogen-bond acceptors (Lipinski definition) is 4. The topological polar surface area (TPSA) is 53.9 Å². The molecule has 1 aliphatic heterocycles. The lowest BCUT2D eigenvalue weighted by Gasteiger charge is -2.06. The minimum absolute atomic E-state index is 0.117. The van der Waals surface area contributed by atoms with Crippen molar-refractivity contribution in [1.29, 1.82) is 0 Å². The molecule has 1 aliphatic rings. The lowest BCUT2D eigenvalue weighted by atomic mass is 10.2. The van der Waals surface area contributed by atoms with Crippen molar-refractivity contribution in [2.24, 2.45) is 5.16 Å². The van der Waals surface area contributed by atoms with E-state index in [4.69, 9.17) is 28.0 Å². The van der Waals surface area contributed by atoms with Gasteiger partial charge in [0.05, 0.1) is 6.04 Å². The second kappa shape index (κ2) is 5.77. The van der Waals surface area contributed by atoms with Crippen molar-refractivity contribution in [3.63, 3.8) is 0 Å². The number of oxime groups is 1. The molecule has 2 rings (SSSR count). The molecule has 1 unspecified atom stereocenters. The van der Waals surface area contributed by atoms with Crippen LogP contribution >= 0.6 is 23.2 Å². The average Bonchev–Trinajstić information content (AvgIpc) is 2.59. The quantitative estimate of drug-likeness (QED) is 0.871. The third kappa shape index (κ3) is 3.00. The highest BCUT2D eigenvalue weighted by atomic mass is 35.5. The summed E-state index contributed by atoms with van der Waals surface area (Å²) >= 11 is 12.0. The second-order valence-electron chi connectivity index (χ2n) is 4.17. The molecule has 5 nitrogen and oxygen atoms in total. The van der Waals surface area contributed by atoms with E-state index in [1.54, 1.807) is 25.2 Å². The Kier molecular flexibility index (Phi) is 4.29. The fraction of sp³-hybridized carbons (Fsp3) is 0.333. The van der Waals surface area contributed by atoms with Gasteiger partial charge in [0.1, 0.15) is 6.61 Å². The van der Waals surface area contributed by atoms with Gasteiger partial charge in [-0.2, -0.15) is 0 Å². The van der Waals surface area contributed by atoms with Crippen LogP contribution in [0.1, 0.15) is 12.5 Å². The zero-order valence-electron chi connectivity index (χ0n) is 10.5. The number of carbonyl (C=O) groups is 1. The van der Waals surface area contributed by atoms with Crippen molar-refractivity contribution in [2.45, 2.75) is 19.6 Å². The van der Waals surface area contributed by atoms with Gasteiger partial charge < -0.3 is 4.84 Å². The van der Waals surface area contributed by atoms with Crippen molar-refractivity contribution in [3.05, 3.63) is 33.8 Å². The van der Waals surface area contributed by atoms with Crippen molar-refractivity contribution in [2.75, 3.05) is 7.05 Å². The largest absolute Gasteiger partial charge is 0.390 e. The highest BCUT2D eigenvalue weighted by Crippen LogP contribution is 2.25. The van der Waals surface area contributed by atoms with Crippen LogP contribution < -0.4 is 5.43 Å². The third-order valence-corrected chi connectivity index (χ3v) is 3.46. The lowest BCUT2D eigenvalue weighted by Crippen LogP contribution is -2.32. The number of hydrazine groups is 1. The van der Waals surface area contributed by atoms with E-state index >= 15 is 0 Å². The van der Waals surface area contributed by atoms with Crippen LogP contribution in [0.15, 0.2) is 23.4 Å². The molecule has 1 amide bonds. The molecular weight excluding hydrogens is 289 g/mol. The number of rotatable bonds is 3. The van der Waals surface area contributed by atoms with Crippen LogP contribution in [0, 0.1) is 0 Å². The molecule has 1 aromatic rings. The van der Waals surface area contributed by atoms with Gasteiger partial charge in [0.25, 0.3) is 5.91 Å². The van der Waals surface area contributed by atoms with Gasteiger partial charge in [-0.3, -0.25) is 9.80 Å². The van der Waals surface area contributed by atoms with Crippen LogP contribution in [0.4, 0.5) is 0 Å². The molecule has 0 radical (unpaired) electrons. The van der Waals surface area contributed by atoms with E-state index in [1.807, 2.05) is 6.92 Å². The summed E-state index contributed by atoms with van der Waals surface area (Å²) < 4.78 is 0. The predicted molar refractivity (Wildman–Crippen MR) is 74.1 cm³/mol.